The minimum Gasteiger partial charge on any atom is -0.354 e. The molecule has 0 radical (unpaired) electrons. The van der Waals surface area contributed by atoms with E-state index in [1.165, 1.54) is 6.42 Å². The summed E-state index contributed by atoms with van der Waals surface area (Å²) < 4.78 is 2.50. The summed E-state index contributed by atoms with van der Waals surface area (Å²) in [5, 5.41) is 2.06. The Bertz CT molecular complexity index is 572. The summed E-state index contributed by atoms with van der Waals surface area (Å²) in [5.41, 5.74) is 7.07. The zero-order valence-corrected chi connectivity index (χ0v) is 13.1. The summed E-state index contributed by atoms with van der Waals surface area (Å²) in [6, 6.07) is 0. The third-order valence-electron chi connectivity index (χ3n) is 3.67. The second kappa shape index (κ2) is 5.00. The fraction of sp³-hybridized carbons (Fsp3) is 0.615. The van der Waals surface area contributed by atoms with Gasteiger partial charge in [-0.25, -0.2) is 4.98 Å². The van der Waals surface area contributed by atoms with E-state index < -0.39 is 0 Å². The number of anilines is 1. The van der Waals surface area contributed by atoms with E-state index in [2.05, 4.69) is 46.5 Å². The fourth-order valence-corrected chi connectivity index (χ4v) is 4.32. The second-order valence-electron chi connectivity index (χ2n) is 5.49. The average Bonchev–Trinajstić information content (AvgIpc) is 2.88. The molecule has 1 aliphatic rings. The van der Waals surface area contributed by atoms with Crippen LogP contribution in [0.25, 0.3) is 4.96 Å². The average molecular weight is 296 g/mol. The molecule has 3 rings (SSSR count). The summed E-state index contributed by atoms with van der Waals surface area (Å²) >= 11 is 3.73. The van der Waals surface area contributed by atoms with Crippen LogP contribution in [-0.2, 0) is 6.54 Å². The van der Waals surface area contributed by atoms with Crippen molar-refractivity contribution in [2.45, 2.75) is 31.6 Å². The molecule has 0 amide bonds. The first kappa shape index (κ1) is 13.3. The van der Waals surface area contributed by atoms with Crippen molar-refractivity contribution in [2.75, 3.05) is 23.7 Å². The Labute approximate surface area is 122 Å². The van der Waals surface area contributed by atoms with Crippen LogP contribution >= 0.6 is 23.1 Å². The molecule has 6 heteroatoms. The maximum Gasteiger partial charge on any atom is 0.195 e. The third-order valence-corrected chi connectivity index (χ3v) is 5.80. The van der Waals surface area contributed by atoms with E-state index in [9.17, 15) is 0 Å². The van der Waals surface area contributed by atoms with Crippen molar-refractivity contribution in [3.8, 4) is 0 Å². The Kier molecular flexibility index (Phi) is 3.49. The summed E-state index contributed by atoms with van der Waals surface area (Å²) in [7, 11) is 0. The van der Waals surface area contributed by atoms with Gasteiger partial charge in [-0.3, -0.25) is 4.40 Å². The normalized spacial score (nSPS) is 19.8. The van der Waals surface area contributed by atoms with Gasteiger partial charge in [0.1, 0.15) is 0 Å². The van der Waals surface area contributed by atoms with Crippen LogP contribution in [0, 0.1) is 0 Å². The maximum atomic E-state index is 5.93. The number of thioether (sulfide) groups is 1. The number of fused-ring (bicyclic) bond motifs is 1. The van der Waals surface area contributed by atoms with Gasteiger partial charge in [0, 0.05) is 41.7 Å². The molecule has 1 fully saturated rings. The molecule has 19 heavy (non-hydrogen) atoms. The molecule has 1 saturated heterocycles. The van der Waals surface area contributed by atoms with Gasteiger partial charge in [0.25, 0.3) is 0 Å². The molecule has 0 saturated carbocycles. The molecular weight excluding hydrogens is 276 g/mol. The Balaban J connectivity index is 1.93. The van der Waals surface area contributed by atoms with Crippen molar-refractivity contribution in [2.24, 2.45) is 5.73 Å². The van der Waals surface area contributed by atoms with Crippen LogP contribution in [0.1, 0.15) is 26.0 Å². The summed E-state index contributed by atoms with van der Waals surface area (Å²) in [6.07, 6.45) is 3.25. The predicted molar refractivity (Wildman–Crippen MR) is 84.3 cm³/mol. The Morgan fingerprint density at radius 3 is 3.05 bits per heavy atom. The number of hydrogen-bond donors (Lipinski definition) is 1. The van der Waals surface area contributed by atoms with Gasteiger partial charge in [-0.05, 0) is 6.42 Å². The number of nitrogens with two attached hydrogens (primary N) is 1. The number of aromatic nitrogens is 2. The molecule has 2 aromatic rings. The molecule has 104 valence electrons. The highest BCUT2D eigenvalue weighted by Crippen LogP contribution is 2.33. The summed E-state index contributed by atoms with van der Waals surface area (Å²) in [5.74, 6) is 2.25. The van der Waals surface area contributed by atoms with Gasteiger partial charge in [-0.2, -0.15) is 11.8 Å². The van der Waals surface area contributed by atoms with Crippen molar-refractivity contribution in [1.82, 2.24) is 9.38 Å². The first-order valence-electron chi connectivity index (χ1n) is 6.64. The highest BCUT2D eigenvalue weighted by atomic mass is 32.2. The predicted octanol–water partition coefficient (Wildman–Crippen LogP) is 2.58. The van der Waals surface area contributed by atoms with Gasteiger partial charge < -0.3 is 10.6 Å². The Morgan fingerprint density at radius 1 is 1.42 bits per heavy atom. The topological polar surface area (TPSA) is 46.6 Å². The van der Waals surface area contributed by atoms with E-state index in [0.29, 0.717) is 11.3 Å². The lowest BCUT2D eigenvalue weighted by Crippen LogP contribution is -2.28. The van der Waals surface area contributed by atoms with Crippen molar-refractivity contribution < 1.29 is 0 Å². The second-order valence-corrected chi connectivity index (χ2v) is 8.16. The summed E-state index contributed by atoms with van der Waals surface area (Å²) in [4.78, 5) is 8.23. The number of nitrogens with zero attached hydrogens (tertiary/aromatic N) is 3. The lowest BCUT2D eigenvalue weighted by molar-refractivity contribution is 0.634. The van der Waals surface area contributed by atoms with Crippen molar-refractivity contribution in [3.05, 3.63) is 17.3 Å². The summed E-state index contributed by atoms with van der Waals surface area (Å²) in [6.45, 7) is 7.33. The molecule has 1 aliphatic heterocycles. The van der Waals surface area contributed by atoms with E-state index in [0.717, 1.165) is 35.3 Å². The largest absolute Gasteiger partial charge is 0.354 e. The highest BCUT2D eigenvalue weighted by molar-refractivity contribution is 8.00. The van der Waals surface area contributed by atoms with Gasteiger partial charge in [-0.15, -0.1) is 11.3 Å². The SMILES string of the molecule is CC1(C)CCN(c2nc3sccn3c2CN)CCS1. The lowest BCUT2D eigenvalue weighted by Gasteiger charge is -2.23. The molecule has 3 heterocycles. The zero-order chi connectivity index (χ0) is 13.5. The number of rotatable bonds is 2. The molecule has 2 N–H and O–H groups in total. The quantitative estimate of drug-likeness (QED) is 0.925. The van der Waals surface area contributed by atoms with Crippen LogP contribution in [0.4, 0.5) is 5.82 Å². The molecule has 0 aliphatic carbocycles. The lowest BCUT2D eigenvalue weighted by atomic mass is 10.1. The fourth-order valence-electron chi connectivity index (χ4n) is 2.50. The number of thiazole rings is 1. The Morgan fingerprint density at radius 2 is 2.26 bits per heavy atom. The smallest absolute Gasteiger partial charge is 0.195 e. The van der Waals surface area contributed by atoms with Gasteiger partial charge in [0.15, 0.2) is 10.8 Å². The van der Waals surface area contributed by atoms with Crippen LogP contribution in [0.5, 0.6) is 0 Å². The van der Waals surface area contributed by atoms with E-state index in [1.807, 2.05) is 0 Å². The van der Waals surface area contributed by atoms with Crippen molar-refractivity contribution >= 4 is 33.9 Å². The minimum atomic E-state index is 0.370. The number of hydrogen-bond acceptors (Lipinski definition) is 5. The standard InChI is InChI=1S/C13H20N4S2/c1-13(2)3-4-16(5-8-19-13)11-10(9-14)17-6-7-18-12(17)15-11/h6-7H,3-5,8-9,14H2,1-2H3. The monoisotopic (exact) mass is 296 g/mol. The minimum absolute atomic E-state index is 0.370. The van der Waals surface area contributed by atoms with Gasteiger partial charge in [-0.1, -0.05) is 13.8 Å². The molecule has 0 bridgehead atoms. The molecule has 4 nitrogen and oxygen atoms in total. The van der Waals surface area contributed by atoms with Gasteiger partial charge in [0.05, 0.1) is 5.69 Å². The molecule has 2 aromatic heterocycles. The first-order chi connectivity index (χ1) is 9.11. The van der Waals surface area contributed by atoms with Crippen LogP contribution in [0.2, 0.25) is 0 Å². The Hall–Kier alpha value is -0.720. The maximum absolute atomic E-state index is 5.93. The zero-order valence-electron chi connectivity index (χ0n) is 11.4. The highest BCUT2D eigenvalue weighted by Gasteiger charge is 2.26. The van der Waals surface area contributed by atoms with Crippen molar-refractivity contribution in [3.63, 3.8) is 0 Å². The molecule has 0 aromatic carbocycles. The van der Waals surface area contributed by atoms with E-state index >= 15 is 0 Å². The van der Waals surface area contributed by atoms with Crippen LogP contribution in [0.15, 0.2) is 11.6 Å². The third kappa shape index (κ3) is 2.49. The van der Waals surface area contributed by atoms with Crippen LogP contribution in [-0.4, -0.2) is 33.0 Å². The molecule has 0 spiro atoms. The van der Waals surface area contributed by atoms with Gasteiger partial charge in [0.2, 0.25) is 0 Å². The van der Waals surface area contributed by atoms with E-state index in [1.54, 1.807) is 11.3 Å². The first-order valence-corrected chi connectivity index (χ1v) is 8.51. The molecule has 0 unspecified atom stereocenters. The molecule has 0 atom stereocenters. The van der Waals surface area contributed by atoms with Gasteiger partial charge >= 0.3 is 0 Å². The van der Waals surface area contributed by atoms with Crippen LogP contribution < -0.4 is 10.6 Å². The van der Waals surface area contributed by atoms with E-state index in [4.69, 9.17) is 10.7 Å². The number of imidazole rings is 1. The molecular formula is C13H20N4S2. The van der Waals surface area contributed by atoms with E-state index in [-0.39, 0.29) is 0 Å². The van der Waals surface area contributed by atoms with Crippen LogP contribution in [0.3, 0.4) is 0 Å². The van der Waals surface area contributed by atoms with Crippen molar-refractivity contribution in [1.29, 1.82) is 0 Å².